The highest BCUT2D eigenvalue weighted by Crippen LogP contribution is 1.84. The SMILES string of the molecule is [CH2]CCOCC(O)CO. The smallest absolute Gasteiger partial charge is 0.100 e. The van der Waals surface area contributed by atoms with Gasteiger partial charge in [0, 0.05) is 6.61 Å². The highest BCUT2D eigenvalue weighted by molar-refractivity contribution is 4.48. The average molecular weight is 133 g/mol. The van der Waals surface area contributed by atoms with Crippen molar-refractivity contribution < 1.29 is 14.9 Å². The Labute approximate surface area is 55.3 Å². The summed E-state index contributed by atoms with van der Waals surface area (Å²) >= 11 is 0. The zero-order valence-corrected chi connectivity index (χ0v) is 5.42. The van der Waals surface area contributed by atoms with Crippen LogP contribution in [0, 0.1) is 6.92 Å². The highest BCUT2D eigenvalue weighted by atomic mass is 16.5. The fourth-order valence-corrected chi connectivity index (χ4v) is 0.374. The van der Waals surface area contributed by atoms with Gasteiger partial charge in [0.2, 0.25) is 0 Å². The van der Waals surface area contributed by atoms with E-state index in [1.54, 1.807) is 0 Å². The van der Waals surface area contributed by atoms with Gasteiger partial charge in [-0.25, -0.2) is 0 Å². The Kier molecular flexibility index (Phi) is 5.93. The van der Waals surface area contributed by atoms with Crippen molar-refractivity contribution in [1.29, 1.82) is 0 Å². The van der Waals surface area contributed by atoms with Gasteiger partial charge in [0.05, 0.1) is 13.2 Å². The molecule has 0 aliphatic carbocycles. The number of ether oxygens (including phenoxy) is 1. The normalized spacial score (nSPS) is 13.7. The maximum Gasteiger partial charge on any atom is 0.100 e. The van der Waals surface area contributed by atoms with Crippen molar-refractivity contribution in [2.24, 2.45) is 0 Å². The van der Waals surface area contributed by atoms with Gasteiger partial charge in [0.25, 0.3) is 0 Å². The first-order chi connectivity index (χ1) is 4.31. The van der Waals surface area contributed by atoms with E-state index in [1.165, 1.54) is 0 Å². The quantitative estimate of drug-likeness (QED) is 0.501. The second kappa shape index (κ2) is 6.01. The molecule has 0 saturated heterocycles. The zero-order chi connectivity index (χ0) is 7.11. The van der Waals surface area contributed by atoms with Gasteiger partial charge < -0.3 is 14.9 Å². The van der Waals surface area contributed by atoms with Gasteiger partial charge >= 0.3 is 0 Å². The molecular weight excluding hydrogens is 120 g/mol. The molecule has 0 spiro atoms. The second-order valence-corrected chi connectivity index (χ2v) is 1.76. The lowest BCUT2D eigenvalue weighted by Crippen LogP contribution is -2.19. The minimum Gasteiger partial charge on any atom is -0.394 e. The molecule has 3 heteroatoms. The van der Waals surface area contributed by atoms with Crippen LogP contribution in [0.15, 0.2) is 0 Å². The van der Waals surface area contributed by atoms with Crippen molar-refractivity contribution in [2.45, 2.75) is 12.5 Å². The van der Waals surface area contributed by atoms with Gasteiger partial charge in [-0.2, -0.15) is 0 Å². The Balaban J connectivity index is 2.88. The molecule has 55 valence electrons. The van der Waals surface area contributed by atoms with Crippen LogP contribution in [0.1, 0.15) is 6.42 Å². The Bertz CT molecular complexity index is 56.3. The van der Waals surface area contributed by atoms with Crippen molar-refractivity contribution in [2.75, 3.05) is 19.8 Å². The number of aliphatic hydroxyl groups is 2. The van der Waals surface area contributed by atoms with E-state index in [0.29, 0.717) is 13.0 Å². The van der Waals surface area contributed by atoms with E-state index < -0.39 is 6.10 Å². The Morgan fingerprint density at radius 2 is 2.22 bits per heavy atom. The first-order valence-electron chi connectivity index (χ1n) is 2.97. The molecule has 1 radical (unpaired) electrons. The molecule has 3 nitrogen and oxygen atoms in total. The minimum atomic E-state index is -0.739. The summed E-state index contributed by atoms with van der Waals surface area (Å²) in [7, 11) is 0. The molecule has 0 aromatic heterocycles. The van der Waals surface area contributed by atoms with Gasteiger partial charge in [-0.3, -0.25) is 0 Å². The Hall–Kier alpha value is -0.120. The summed E-state index contributed by atoms with van der Waals surface area (Å²) in [5, 5.41) is 17.0. The van der Waals surface area contributed by atoms with Gasteiger partial charge in [-0.15, -0.1) is 0 Å². The first kappa shape index (κ1) is 8.88. The molecule has 1 unspecified atom stereocenters. The molecule has 0 heterocycles. The summed E-state index contributed by atoms with van der Waals surface area (Å²) in [5.41, 5.74) is 0. The number of hydrogen-bond acceptors (Lipinski definition) is 3. The van der Waals surface area contributed by atoms with E-state index in [4.69, 9.17) is 14.9 Å². The molecule has 0 amide bonds. The minimum absolute atomic E-state index is 0.200. The molecule has 9 heavy (non-hydrogen) atoms. The lowest BCUT2D eigenvalue weighted by atomic mass is 10.4. The highest BCUT2D eigenvalue weighted by Gasteiger charge is 1.98. The summed E-state index contributed by atoms with van der Waals surface area (Å²) in [6.07, 6.45) is -0.0467. The van der Waals surface area contributed by atoms with Crippen molar-refractivity contribution in [3.05, 3.63) is 6.92 Å². The van der Waals surface area contributed by atoms with E-state index in [1.807, 2.05) is 0 Å². The Morgan fingerprint density at radius 3 is 2.67 bits per heavy atom. The van der Waals surface area contributed by atoms with Crippen LogP contribution in [-0.4, -0.2) is 36.1 Å². The molecule has 0 fully saturated rings. The average Bonchev–Trinajstić information content (AvgIpc) is 1.89. The summed E-state index contributed by atoms with van der Waals surface area (Å²) in [4.78, 5) is 0. The van der Waals surface area contributed by atoms with Crippen molar-refractivity contribution in [1.82, 2.24) is 0 Å². The van der Waals surface area contributed by atoms with Gasteiger partial charge in [-0.05, 0) is 6.42 Å². The molecule has 1 atom stereocenters. The lowest BCUT2D eigenvalue weighted by molar-refractivity contribution is 0.00757. The second-order valence-electron chi connectivity index (χ2n) is 1.76. The van der Waals surface area contributed by atoms with Crippen molar-refractivity contribution >= 4 is 0 Å². The van der Waals surface area contributed by atoms with Crippen molar-refractivity contribution in [3.63, 3.8) is 0 Å². The molecule has 0 aromatic carbocycles. The zero-order valence-electron chi connectivity index (χ0n) is 5.42. The van der Waals surface area contributed by atoms with E-state index in [2.05, 4.69) is 6.92 Å². The van der Waals surface area contributed by atoms with Crippen LogP contribution in [0.4, 0.5) is 0 Å². The molecule has 0 aliphatic heterocycles. The van der Waals surface area contributed by atoms with Crippen LogP contribution in [0.25, 0.3) is 0 Å². The fourth-order valence-electron chi connectivity index (χ4n) is 0.374. The third-order valence-electron chi connectivity index (χ3n) is 0.810. The Morgan fingerprint density at radius 1 is 1.56 bits per heavy atom. The fraction of sp³-hybridized carbons (Fsp3) is 0.833. The molecule has 0 saturated carbocycles. The van der Waals surface area contributed by atoms with Crippen LogP contribution in [-0.2, 0) is 4.74 Å². The van der Waals surface area contributed by atoms with E-state index >= 15 is 0 Å². The van der Waals surface area contributed by atoms with Crippen molar-refractivity contribution in [3.8, 4) is 0 Å². The van der Waals surface area contributed by atoms with E-state index in [0.717, 1.165) is 0 Å². The molecule has 0 aromatic rings. The molecule has 2 N–H and O–H groups in total. The monoisotopic (exact) mass is 133 g/mol. The topological polar surface area (TPSA) is 49.7 Å². The van der Waals surface area contributed by atoms with Gasteiger partial charge in [0.1, 0.15) is 6.10 Å². The third kappa shape index (κ3) is 5.76. The molecular formula is C6H13O3. The molecule has 0 bridgehead atoms. The predicted molar refractivity (Wildman–Crippen MR) is 33.9 cm³/mol. The van der Waals surface area contributed by atoms with Crippen LogP contribution in [0.3, 0.4) is 0 Å². The first-order valence-corrected chi connectivity index (χ1v) is 2.97. The van der Waals surface area contributed by atoms with E-state index in [-0.39, 0.29) is 13.2 Å². The number of hydrogen-bond donors (Lipinski definition) is 2. The third-order valence-corrected chi connectivity index (χ3v) is 0.810. The van der Waals surface area contributed by atoms with E-state index in [9.17, 15) is 0 Å². The molecule has 0 rings (SSSR count). The largest absolute Gasteiger partial charge is 0.394 e. The lowest BCUT2D eigenvalue weighted by Gasteiger charge is -2.05. The van der Waals surface area contributed by atoms with Gasteiger partial charge in [0.15, 0.2) is 0 Å². The summed E-state index contributed by atoms with van der Waals surface area (Å²) in [6.45, 7) is 4.04. The summed E-state index contributed by atoms with van der Waals surface area (Å²) in [6, 6.07) is 0. The van der Waals surface area contributed by atoms with Crippen LogP contribution < -0.4 is 0 Å². The summed E-state index contributed by atoms with van der Waals surface area (Å²) < 4.78 is 4.86. The molecule has 0 aliphatic rings. The van der Waals surface area contributed by atoms with Crippen LogP contribution in [0.2, 0.25) is 0 Å². The number of aliphatic hydroxyl groups excluding tert-OH is 2. The standard InChI is InChI=1S/C6H13O3/c1-2-3-9-5-6(8)4-7/h6-8H,1-5H2. The maximum atomic E-state index is 8.69. The summed E-state index contributed by atoms with van der Waals surface area (Å²) in [5.74, 6) is 0. The van der Waals surface area contributed by atoms with Gasteiger partial charge in [-0.1, -0.05) is 6.92 Å². The van der Waals surface area contributed by atoms with Crippen LogP contribution in [0.5, 0.6) is 0 Å². The number of rotatable bonds is 5. The maximum absolute atomic E-state index is 8.69. The predicted octanol–water partition coefficient (Wildman–Crippen LogP) is -0.420. The van der Waals surface area contributed by atoms with Crippen LogP contribution >= 0.6 is 0 Å².